The molecule has 0 saturated carbocycles. The van der Waals surface area contributed by atoms with Gasteiger partial charge in [-0.15, -0.1) is 0 Å². The van der Waals surface area contributed by atoms with Crippen LogP contribution in [0.15, 0.2) is 56.9 Å². The predicted molar refractivity (Wildman–Crippen MR) is 114 cm³/mol. The van der Waals surface area contributed by atoms with E-state index in [0.29, 0.717) is 27.1 Å². The summed E-state index contributed by atoms with van der Waals surface area (Å²) in [6.45, 7) is 4.53. The highest BCUT2D eigenvalue weighted by Gasteiger charge is 2.15. The molecule has 0 saturated heterocycles. The Hall–Kier alpha value is -2.19. The first kappa shape index (κ1) is 20.5. The van der Waals surface area contributed by atoms with Crippen molar-refractivity contribution in [2.75, 3.05) is 11.1 Å². The van der Waals surface area contributed by atoms with Crippen molar-refractivity contribution < 1.29 is 9.18 Å². The Kier molecular flexibility index (Phi) is 6.51. The smallest absolute Gasteiger partial charge is 0.262 e. The summed E-state index contributed by atoms with van der Waals surface area (Å²) in [5.41, 5.74) is 0.579. The molecule has 0 aliphatic carbocycles. The van der Waals surface area contributed by atoms with E-state index >= 15 is 0 Å². The Labute approximate surface area is 174 Å². The first-order chi connectivity index (χ1) is 13.3. The number of aromatic nitrogens is 2. The Bertz CT molecular complexity index is 1080. The minimum absolute atomic E-state index is 0.0123. The molecule has 28 heavy (non-hydrogen) atoms. The summed E-state index contributed by atoms with van der Waals surface area (Å²) in [5, 5.41) is 3.57. The van der Waals surface area contributed by atoms with E-state index in [0.717, 1.165) is 11.8 Å². The number of carbonyl (C=O) groups excluding carboxylic acids is 1. The van der Waals surface area contributed by atoms with Gasteiger partial charge in [0.15, 0.2) is 5.16 Å². The third kappa shape index (κ3) is 4.80. The van der Waals surface area contributed by atoms with Crippen LogP contribution in [0, 0.1) is 11.7 Å². The van der Waals surface area contributed by atoms with Crippen LogP contribution in [-0.4, -0.2) is 21.2 Å². The topological polar surface area (TPSA) is 64.0 Å². The zero-order valence-corrected chi connectivity index (χ0v) is 17.8. The van der Waals surface area contributed by atoms with E-state index in [1.165, 1.54) is 12.1 Å². The molecule has 0 radical (unpaired) electrons. The van der Waals surface area contributed by atoms with Crippen molar-refractivity contribution >= 4 is 50.2 Å². The summed E-state index contributed by atoms with van der Waals surface area (Å²) < 4.78 is 16.1. The average molecular weight is 464 g/mol. The molecule has 1 heterocycles. The van der Waals surface area contributed by atoms with Crippen LogP contribution in [0.5, 0.6) is 0 Å². The van der Waals surface area contributed by atoms with E-state index in [4.69, 9.17) is 0 Å². The number of hydrogen-bond acceptors (Lipinski definition) is 4. The van der Waals surface area contributed by atoms with Gasteiger partial charge in [0.1, 0.15) is 5.82 Å². The minimum atomic E-state index is -0.520. The molecule has 2 aromatic carbocycles. The van der Waals surface area contributed by atoms with Crippen molar-refractivity contribution in [2.45, 2.75) is 25.5 Å². The lowest BCUT2D eigenvalue weighted by atomic mass is 10.2. The molecule has 3 aromatic rings. The first-order valence-electron chi connectivity index (χ1n) is 8.72. The normalized spacial score (nSPS) is 11.2. The molecule has 0 fully saturated rings. The second-order valence-corrected chi connectivity index (χ2v) is 8.54. The summed E-state index contributed by atoms with van der Waals surface area (Å²) in [6.07, 6.45) is 0. The standard InChI is InChI=1S/C20H19BrFN3O2S/c1-12(2)10-25-19(27)14-5-3-4-6-16(14)24-20(25)28-11-18(26)23-17-8-7-13(21)9-15(17)22/h3-9,12H,10-11H2,1-2H3,(H,23,26). The van der Waals surface area contributed by atoms with E-state index in [9.17, 15) is 14.0 Å². The van der Waals surface area contributed by atoms with Gasteiger partial charge in [0.05, 0.1) is 22.3 Å². The number of amides is 1. The highest BCUT2D eigenvalue weighted by Crippen LogP contribution is 2.22. The van der Waals surface area contributed by atoms with Gasteiger partial charge in [0, 0.05) is 11.0 Å². The maximum Gasteiger partial charge on any atom is 0.262 e. The number of hydrogen-bond donors (Lipinski definition) is 1. The average Bonchev–Trinajstić information content (AvgIpc) is 2.65. The molecule has 1 N–H and O–H groups in total. The lowest BCUT2D eigenvalue weighted by Gasteiger charge is -2.15. The Morgan fingerprint density at radius 2 is 2.04 bits per heavy atom. The van der Waals surface area contributed by atoms with Crippen LogP contribution in [0.25, 0.3) is 10.9 Å². The van der Waals surface area contributed by atoms with Crippen LogP contribution in [0.3, 0.4) is 0 Å². The lowest BCUT2D eigenvalue weighted by Crippen LogP contribution is -2.26. The summed E-state index contributed by atoms with van der Waals surface area (Å²) in [7, 11) is 0. The van der Waals surface area contributed by atoms with Crippen molar-refractivity contribution in [3.63, 3.8) is 0 Å². The van der Waals surface area contributed by atoms with Gasteiger partial charge in [0.2, 0.25) is 5.91 Å². The van der Waals surface area contributed by atoms with Gasteiger partial charge in [-0.1, -0.05) is 53.7 Å². The van der Waals surface area contributed by atoms with E-state index < -0.39 is 5.82 Å². The molecule has 0 atom stereocenters. The van der Waals surface area contributed by atoms with Gasteiger partial charge in [-0.25, -0.2) is 9.37 Å². The molecule has 3 rings (SSSR count). The molecule has 0 unspecified atom stereocenters. The summed E-state index contributed by atoms with van der Waals surface area (Å²) in [4.78, 5) is 29.7. The molecule has 0 aliphatic rings. The van der Waals surface area contributed by atoms with Gasteiger partial charge in [-0.2, -0.15) is 0 Å². The molecule has 1 aromatic heterocycles. The number of para-hydroxylation sites is 1. The fourth-order valence-corrected chi connectivity index (χ4v) is 3.83. The predicted octanol–water partition coefficient (Wildman–Crippen LogP) is 4.68. The van der Waals surface area contributed by atoms with Crippen LogP contribution in [-0.2, 0) is 11.3 Å². The van der Waals surface area contributed by atoms with Crippen molar-refractivity contribution in [1.29, 1.82) is 0 Å². The lowest BCUT2D eigenvalue weighted by molar-refractivity contribution is -0.113. The summed E-state index contributed by atoms with van der Waals surface area (Å²) >= 11 is 4.34. The Morgan fingerprint density at radius 3 is 2.75 bits per heavy atom. The van der Waals surface area contributed by atoms with Gasteiger partial charge in [-0.05, 0) is 36.2 Å². The zero-order chi connectivity index (χ0) is 20.3. The van der Waals surface area contributed by atoms with Crippen LogP contribution < -0.4 is 10.9 Å². The number of nitrogens with one attached hydrogen (secondary N) is 1. The van der Waals surface area contributed by atoms with Crippen molar-refractivity contribution in [3.8, 4) is 0 Å². The third-order valence-corrected chi connectivity index (χ3v) is 5.38. The maximum absolute atomic E-state index is 13.9. The Morgan fingerprint density at radius 1 is 1.29 bits per heavy atom. The van der Waals surface area contributed by atoms with Gasteiger partial charge in [-0.3, -0.25) is 14.2 Å². The first-order valence-corrected chi connectivity index (χ1v) is 10.5. The van der Waals surface area contributed by atoms with Gasteiger partial charge < -0.3 is 5.32 Å². The molecular formula is C20H19BrFN3O2S. The zero-order valence-electron chi connectivity index (χ0n) is 15.4. The van der Waals surface area contributed by atoms with E-state index in [1.807, 2.05) is 19.9 Å². The molecule has 8 heteroatoms. The molecule has 0 aliphatic heterocycles. The fourth-order valence-electron chi connectivity index (χ4n) is 2.69. The van der Waals surface area contributed by atoms with Crippen molar-refractivity contribution in [3.05, 3.63) is 63.1 Å². The third-order valence-electron chi connectivity index (χ3n) is 3.91. The number of anilines is 1. The molecule has 1 amide bonds. The van der Waals surface area contributed by atoms with Gasteiger partial charge in [0.25, 0.3) is 5.56 Å². The highest BCUT2D eigenvalue weighted by molar-refractivity contribution is 9.10. The number of carbonyl (C=O) groups is 1. The number of rotatable bonds is 6. The van der Waals surface area contributed by atoms with Crippen LogP contribution in [0.2, 0.25) is 0 Å². The van der Waals surface area contributed by atoms with Gasteiger partial charge >= 0.3 is 0 Å². The molecule has 5 nitrogen and oxygen atoms in total. The van der Waals surface area contributed by atoms with Crippen molar-refractivity contribution in [2.24, 2.45) is 5.92 Å². The SMILES string of the molecule is CC(C)Cn1c(SCC(=O)Nc2ccc(Br)cc2F)nc2ccccc2c1=O. The molecule has 146 valence electrons. The molecule has 0 spiro atoms. The fraction of sp³-hybridized carbons (Fsp3) is 0.250. The van der Waals surface area contributed by atoms with Crippen LogP contribution >= 0.6 is 27.7 Å². The van der Waals surface area contributed by atoms with E-state index in [1.54, 1.807) is 28.8 Å². The number of fused-ring (bicyclic) bond motifs is 1. The Balaban J connectivity index is 1.82. The van der Waals surface area contributed by atoms with Crippen LogP contribution in [0.4, 0.5) is 10.1 Å². The number of halogens is 2. The second-order valence-electron chi connectivity index (χ2n) is 6.68. The van der Waals surface area contributed by atoms with E-state index in [-0.39, 0.29) is 28.8 Å². The largest absolute Gasteiger partial charge is 0.323 e. The maximum atomic E-state index is 13.9. The van der Waals surface area contributed by atoms with Crippen LogP contribution in [0.1, 0.15) is 13.8 Å². The highest BCUT2D eigenvalue weighted by atomic mass is 79.9. The monoisotopic (exact) mass is 463 g/mol. The van der Waals surface area contributed by atoms with Crippen molar-refractivity contribution in [1.82, 2.24) is 9.55 Å². The quantitative estimate of drug-likeness (QED) is 0.425. The number of thioether (sulfide) groups is 1. The summed E-state index contributed by atoms with van der Waals surface area (Å²) in [5.74, 6) is -0.637. The molecular weight excluding hydrogens is 445 g/mol. The minimum Gasteiger partial charge on any atom is -0.323 e. The number of benzene rings is 2. The second kappa shape index (κ2) is 8.87. The van der Waals surface area contributed by atoms with E-state index in [2.05, 4.69) is 26.2 Å². The summed E-state index contributed by atoms with van der Waals surface area (Å²) in [6, 6.07) is 11.6. The molecule has 0 bridgehead atoms. The number of nitrogens with zero attached hydrogens (tertiary/aromatic N) is 2.